The number of aromatic nitrogens is 1. The molecule has 1 aromatic rings. The van der Waals surface area contributed by atoms with Crippen molar-refractivity contribution in [1.82, 2.24) is 9.88 Å². The van der Waals surface area contributed by atoms with Gasteiger partial charge in [-0.3, -0.25) is 4.90 Å². The highest BCUT2D eigenvalue weighted by Crippen LogP contribution is 2.33. The Labute approximate surface area is 130 Å². The molecule has 6 heteroatoms. The van der Waals surface area contributed by atoms with Crippen LogP contribution >= 0.6 is 11.3 Å². The van der Waals surface area contributed by atoms with Crippen molar-refractivity contribution < 1.29 is 9.90 Å². The second-order valence-corrected chi connectivity index (χ2v) is 7.07. The van der Waals surface area contributed by atoms with Gasteiger partial charge in [-0.15, -0.1) is 0 Å². The summed E-state index contributed by atoms with van der Waals surface area (Å²) in [6.07, 6.45) is 0.902. The summed E-state index contributed by atoms with van der Waals surface area (Å²) < 4.78 is 0. The molecule has 5 nitrogen and oxygen atoms in total. The minimum atomic E-state index is -0.857. The van der Waals surface area contributed by atoms with Crippen LogP contribution in [0.25, 0.3) is 0 Å². The van der Waals surface area contributed by atoms with Crippen LogP contribution in [0.3, 0.4) is 0 Å². The molecule has 0 aromatic carbocycles. The number of rotatable bonds is 4. The SMILES string of the molecule is CCC(C)c1nc(N2CC(C)N(C)C(C)C2)sc1C(=O)O. The summed E-state index contributed by atoms with van der Waals surface area (Å²) in [4.78, 5) is 21.1. The van der Waals surface area contributed by atoms with Gasteiger partial charge in [-0.2, -0.15) is 0 Å². The van der Waals surface area contributed by atoms with Crippen LogP contribution in [0.5, 0.6) is 0 Å². The molecule has 1 aliphatic heterocycles. The topological polar surface area (TPSA) is 56.7 Å². The zero-order valence-electron chi connectivity index (χ0n) is 13.5. The van der Waals surface area contributed by atoms with Gasteiger partial charge in [0.25, 0.3) is 0 Å². The molecule has 3 unspecified atom stereocenters. The quantitative estimate of drug-likeness (QED) is 0.926. The third kappa shape index (κ3) is 3.21. The molecule has 1 aromatic heterocycles. The predicted molar refractivity (Wildman–Crippen MR) is 86.7 cm³/mol. The first-order valence-electron chi connectivity index (χ1n) is 7.56. The Morgan fingerprint density at radius 1 is 1.43 bits per heavy atom. The summed E-state index contributed by atoms with van der Waals surface area (Å²) in [7, 11) is 2.14. The Morgan fingerprint density at radius 3 is 2.48 bits per heavy atom. The fourth-order valence-electron chi connectivity index (χ4n) is 2.70. The van der Waals surface area contributed by atoms with Crippen LogP contribution in [0.2, 0.25) is 0 Å². The maximum atomic E-state index is 11.5. The maximum Gasteiger partial charge on any atom is 0.347 e. The molecule has 1 fully saturated rings. The molecule has 3 atom stereocenters. The molecule has 0 bridgehead atoms. The number of likely N-dealkylation sites (N-methyl/N-ethyl adjacent to an activating group) is 1. The zero-order chi connectivity index (χ0) is 15.7. The molecule has 1 saturated heterocycles. The Hall–Kier alpha value is -1.14. The zero-order valence-corrected chi connectivity index (χ0v) is 14.3. The predicted octanol–water partition coefficient (Wildman–Crippen LogP) is 2.88. The molecule has 1 aliphatic rings. The molecule has 118 valence electrons. The van der Waals surface area contributed by atoms with Gasteiger partial charge in [0.05, 0.1) is 5.69 Å². The fraction of sp³-hybridized carbons (Fsp3) is 0.733. The van der Waals surface area contributed by atoms with Gasteiger partial charge >= 0.3 is 5.97 Å². The number of carboxylic acids is 1. The van der Waals surface area contributed by atoms with Crippen LogP contribution in [-0.2, 0) is 0 Å². The van der Waals surface area contributed by atoms with Gasteiger partial charge in [0.15, 0.2) is 5.13 Å². The number of hydrogen-bond donors (Lipinski definition) is 1. The van der Waals surface area contributed by atoms with Crippen molar-refractivity contribution in [3.8, 4) is 0 Å². The van der Waals surface area contributed by atoms with Gasteiger partial charge in [-0.25, -0.2) is 9.78 Å². The highest BCUT2D eigenvalue weighted by molar-refractivity contribution is 7.17. The number of aromatic carboxylic acids is 1. The van der Waals surface area contributed by atoms with E-state index in [4.69, 9.17) is 0 Å². The van der Waals surface area contributed by atoms with Crippen molar-refractivity contribution in [3.63, 3.8) is 0 Å². The van der Waals surface area contributed by atoms with E-state index >= 15 is 0 Å². The number of piperazine rings is 1. The minimum absolute atomic E-state index is 0.184. The number of carboxylic acid groups (broad SMARTS) is 1. The number of carbonyl (C=O) groups is 1. The molecule has 2 heterocycles. The molecule has 0 radical (unpaired) electrons. The Morgan fingerprint density at radius 2 is 2.00 bits per heavy atom. The average molecular weight is 311 g/mol. The van der Waals surface area contributed by atoms with Crippen LogP contribution < -0.4 is 4.90 Å². The van der Waals surface area contributed by atoms with Gasteiger partial charge in [-0.1, -0.05) is 25.2 Å². The van der Waals surface area contributed by atoms with Gasteiger partial charge in [0, 0.05) is 25.2 Å². The lowest BCUT2D eigenvalue weighted by Gasteiger charge is -2.42. The molecule has 0 saturated carbocycles. The molecule has 2 rings (SSSR count). The minimum Gasteiger partial charge on any atom is -0.477 e. The summed E-state index contributed by atoms with van der Waals surface area (Å²) in [6.45, 7) is 10.3. The van der Waals surface area contributed by atoms with Gasteiger partial charge < -0.3 is 10.0 Å². The summed E-state index contributed by atoms with van der Waals surface area (Å²) >= 11 is 1.32. The molecule has 0 spiro atoms. The van der Waals surface area contributed by atoms with E-state index in [9.17, 15) is 9.90 Å². The summed E-state index contributed by atoms with van der Waals surface area (Å²) in [5, 5.41) is 10.3. The molecular weight excluding hydrogens is 286 g/mol. The van der Waals surface area contributed by atoms with E-state index in [2.05, 4.69) is 42.6 Å². The van der Waals surface area contributed by atoms with Crippen molar-refractivity contribution in [3.05, 3.63) is 10.6 Å². The largest absolute Gasteiger partial charge is 0.477 e. The van der Waals surface area contributed by atoms with Crippen molar-refractivity contribution in [2.75, 3.05) is 25.0 Å². The third-order valence-corrected chi connectivity index (χ3v) is 5.67. The van der Waals surface area contributed by atoms with Crippen molar-refractivity contribution in [2.24, 2.45) is 0 Å². The molecule has 0 aliphatic carbocycles. The van der Waals surface area contributed by atoms with Crippen LogP contribution in [0, 0.1) is 0 Å². The first-order chi connectivity index (χ1) is 9.85. The highest BCUT2D eigenvalue weighted by atomic mass is 32.1. The fourth-order valence-corrected chi connectivity index (χ4v) is 3.74. The summed E-state index contributed by atoms with van der Waals surface area (Å²) in [5.74, 6) is -0.673. The van der Waals surface area contributed by atoms with E-state index in [0.717, 1.165) is 30.3 Å². The maximum absolute atomic E-state index is 11.5. The molecule has 1 N–H and O–H groups in total. The van der Waals surface area contributed by atoms with Gasteiger partial charge in [0.1, 0.15) is 4.88 Å². The second-order valence-electron chi connectivity index (χ2n) is 6.09. The summed E-state index contributed by atoms with van der Waals surface area (Å²) in [5.41, 5.74) is 0.740. The number of thiazole rings is 1. The Kier molecular flexibility index (Phi) is 4.88. The number of hydrogen-bond acceptors (Lipinski definition) is 5. The van der Waals surface area contributed by atoms with Crippen molar-refractivity contribution >= 4 is 22.4 Å². The smallest absolute Gasteiger partial charge is 0.347 e. The lowest BCUT2D eigenvalue weighted by atomic mass is 10.0. The Bertz CT molecular complexity index is 505. The normalized spacial score (nSPS) is 25.1. The molecule has 21 heavy (non-hydrogen) atoms. The number of nitrogens with zero attached hydrogens (tertiary/aromatic N) is 3. The van der Waals surface area contributed by atoms with E-state index < -0.39 is 5.97 Å². The number of anilines is 1. The van der Waals surface area contributed by atoms with E-state index in [-0.39, 0.29) is 5.92 Å². The standard InChI is InChI=1S/C15H25N3O2S/c1-6-9(2)12-13(14(19)20)21-15(16-12)18-7-10(3)17(5)11(4)8-18/h9-11H,6-8H2,1-5H3,(H,19,20). The van der Waals surface area contributed by atoms with Crippen LogP contribution in [0.4, 0.5) is 5.13 Å². The molecule has 0 amide bonds. The highest BCUT2D eigenvalue weighted by Gasteiger charge is 2.30. The van der Waals surface area contributed by atoms with Gasteiger partial charge in [0.2, 0.25) is 0 Å². The van der Waals surface area contributed by atoms with Crippen molar-refractivity contribution in [2.45, 2.75) is 52.1 Å². The summed E-state index contributed by atoms with van der Waals surface area (Å²) in [6, 6.07) is 0.885. The average Bonchev–Trinajstić information content (AvgIpc) is 2.88. The van der Waals surface area contributed by atoms with Crippen LogP contribution in [0.15, 0.2) is 0 Å². The van der Waals surface area contributed by atoms with E-state index in [0.29, 0.717) is 17.0 Å². The lowest BCUT2D eigenvalue weighted by molar-refractivity contribution is 0.0700. The van der Waals surface area contributed by atoms with Crippen molar-refractivity contribution in [1.29, 1.82) is 0 Å². The van der Waals surface area contributed by atoms with E-state index in [1.54, 1.807) is 0 Å². The lowest BCUT2D eigenvalue weighted by Crippen LogP contribution is -2.55. The first kappa shape index (κ1) is 16.2. The first-order valence-corrected chi connectivity index (χ1v) is 8.37. The third-order valence-electron chi connectivity index (χ3n) is 4.55. The Balaban J connectivity index is 2.30. The van der Waals surface area contributed by atoms with Crippen LogP contribution in [-0.4, -0.2) is 53.2 Å². The monoisotopic (exact) mass is 311 g/mol. The molecular formula is C15H25N3O2S. The van der Waals surface area contributed by atoms with E-state index in [1.165, 1.54) is 11.3 Å². The van der Waals surface area contributed by atoms with Crippen LogP contribution in [0.1, 0.15) is 55.4 Å². The van der Waals surface area contributed by atoms with E-state index in [1.807, 2.05) is 6.92 Å². The second kappa shape index (κ2) is 6.32. The van der Waals surface area contributed by atoms with Gasteiger partial charge in [-0.05, 0) is 33.2 Å².